The standard InChI is InChI=1S/C32H48O6/c1-19(10-9-11-20(2)28(34)35)23-14-17-31(8)24-12-13-26-29(5,6)27(37-22(4)33)15-16-30(26,7)25(24)18-32(36,38-31)21(23)3/h11-12,19,23,25-27,36H,3,9-10,13-18H2,1-2,4-8H3,(H,34,35)/b20-11-/t19-,23-,25-,26+,27-,30-,31+,32+/m1/s1. The van der Waals surface area contributed by atoms with Crippen LogP contribution in [0.2, 0.25) is 0 Å². The third-order valence-corrected chi connectivity index (χ3v) is 11.0. The van der Waals surface area contributed by atoms with E-state index >= 15 is 0 Å². The topological polar surface area (TPSA) is 93.1 Å². The number of carbonyl (C=O) groups excluding carboxylic acids is 1. The van der Waals surface area contributed by atoms with Gasteiger partial charge in [0.2, 0.25) is 0 Å². The number of hydrogen-bond donors (Lipinski definition) is 2. The van der Waals surface area contributed by atoms with E-state index in [-0.39, 0.29) is 40.7 Å². The predicted octanol–water partition coefficient (Wildman–Crippen LogP) is 6.59. The van der Waals surface area contributed by atoms with Crippen LogP contribution < -0.4 is 0 Å². The Balaban J connectivity index is 1.62. The Morgan fingerprint density at radius 1 is 1.21 bits per heavy atom. The van der Waals surface area contributed by atoms with Crippen molar-refractivity contribution < 1.29 is 29.3 Å². The third-order valence-electron chi connectivity index (χ3n) is 11.0. The Bertz CT molecular complexity index is 1050. The van der Waals surface area contributed by atoms with Crippen LogP contribution in [0.15, 0.2) is 35.5 Å². The molecule has 1 saturated carbocycles. The molecular weight excluding hydrogens is 480 g/mol. The fourth-order valence-electron chi connectivity index (χ4n) is 8.65. The number of esters is 1. The lowest BCUT2D eigenvalue weighted by Crippen LogP contribution is -2.61. The summed E-state index contributed by atoms with van der Waals surface area (Å²) in [4.78, 5) is 23.0. The largest absolute Gasteiger partial charge is 0.478 e. The molecule has 6 heteroatoms. The van der Waals surface area contributed by atoms with Gasteiger partial charge in [-0.3, -0.25) is 4.79 Å². The van der Waals surface area contributed by atoms with Crippen LogP contribution in [0.1, 0.15) is 99.8 Å². The van der Waals surface area contributed by atoms with Crippen LogP contribution in [-0.2, 0) is 19.1 Å². The summed E-state index contributed by atoms with van der Waals surface area (Å²) in [6, 6.07) is 0. The average molecular weight is 529 g/mol. The molecule has 6 nitrogen and oxygen atoms in total. The molecule has 2 aliphatic heterocycles. The number of hydrogen-bond acceptors (Lipinski definition) is 5. The molecule has 4 aliphatic rings. The fraction of sp³-hybridized carbons (Fsp3) is 0.750. The number of fused-ring (bicyclic) bond motifs is 6. The second-order valence-corrected chi connectivity index (χ2v) is 13.7. The Morgan fingerprint density at radius 2 is 1.89 bits per heavy atom. The lowest BCUT2D eigenvalue weighted by molar-refractivity contribution is -0.270. The van der Waals surface area contributed by atoms with Crippen molar-refractivity contribution in [3.05, 3.63) is 35.5 Å². The van der Waals surface area contributed by atoms with Crippen LogP contribution in [0, 0.1) is 34.5 Å². The van der Waals surface area contributed by atoms with Crippen molar-refractivity contribution in [1.82, 2.24) is 0 Å². The fourth-order valence-corrected chi connectivity index (χ4v) is 8.65. The molecule has 0 aromatic rings. The van der Waals surface area contributed by atoms with Crippen LogP contribution in [0.3, 0.4) is 0 Å². The van der Waals surface area contributed by atoms with Crippen molar-refractivity contribution in [3.8, 4) is 0 Å². The van der Waals surface area contributed by atoms with Gasteiger partial charge in [-0.15, -0.1) is 0 Å². The van der Waals surface area contributed by atoms with Gasteiger partial charge in [-0.1, -0.05) is 46.4 Å². The van der Waals surface area contributed by atoms with Gasteiger partial charge < -0.3 is 19.7 Å². The molecule has 0 amide bonds. The highest BCUT2D eigenvalue weighted by Crippen LogP contribution is 2.66. The Labute approximate surface area is 228 Å². The lowest BCUT2D eigenvalue weighted by atomic mass is 9.45. The monoisotopic (exact) mass is 528 g/mol. The number of aliphatic carboxylic acids is 1. The quantitative estimate of drug-likeness (QED) is 0.230. The van der Waals surface area contributed by atoms with Crippen LogP contribution in [0.5, 0.6) is 0 Å². The molecule has 2 heterocycles. The summed E-state index contributed by atoms with van der Waals surface area (Å²) >= 11 is 0. The number of ether oxygens (including phenoxy) is 2. The number of rotatable bonds is 6. The summed E-state index contributed by atoms with van der Waals surface area (Å²) in [6.45, 7) is 18.8. The zero-order valence-corrected chi connectivity index (χ0v) is 24.4. The van der Waals surface area contributed by atoms with Crippen LogP contribution in [0.25, 0.3) is 0 Å². The van der Waals surface area contributed by atoms with Gasteiger partial charge >= 0.3 is 11.9 Å². The molecule has 0 aromatic heterocycles. The van der Waals surface area contributed by atoms with Gasteiger partial charge in [0.05, 0.1) is 5.60 Å². The minimum atomic E-state index is -1.40. The van der Waals surface area contributed by atoms with E-state index in [2.05, 4.69) is 47.3 Å². The van der Waals surface area contributed by atoms with Crippen molar-refractivity contribution in [2.24, 2.45) is 34.5 Å². The smallest absolute Gasteiger partial charge is 0.330 e. The normalized spacial score (nSPS) is 41.2. The van der Waals surface area contributed by atoms with Crippen molar-refractivity contribution in [2.45, 2.75) is 117 Å². The first-order valence-electron chi connectivity index (χ1n) is 14.4. The highest BCUT2D eigenvalue weighted by Gasteiger charge is 2.64. The average Bonchev–Trinajstić information content (AvgIpc) is 2.88. The summed E-state index contributed by atoms with van der Waals surface area (Å²) in [6.07, 6.45) is 10.4. The second kappa shape index (κ2) is 9.92. The van der Waals surface area contributed by atoms with E-state index < -0.39 is 17.4 Å². The molecule has 0 radical (unpaired) electrons. The van der Waals surface area contributed by atoms with Crippen molar-refractivity contribution in [3.63, 3.8) is 0 Å². The number of carbonyl (C=O) groups is 2. The van der Waals surface area contributed by atoms with E-state index in [1.807, 2.05) is 0 Å². The maximum Gasteiger partial charge on any atom is 0.330 e. The number of carboxylic acid groups (broad SMARTS) is 1. The predicted molar refractivity (Wildman–Crippen MR) is 147 cm³/mol. The van der Waals surface area contributed by atoms with Crippen LogP contribution >= 0.6 is 0 Å². The van der Waals surface area contributed by atoms with E-state index in [9.17, 15) is 19.8 Å². The SMILES string of the molecule is C=C1[C@@H]([C@H](C)CC/C=C(/C)C(=O)O)CC[C@]2(C)O[C@@]1(O)C[C@@H]1C2=CC[C@H]2C(C)(C)[C@H](OC(C)=O)CC[C@]12C. The second-order valence-electron chi connectivity index (χ2n) is 13.7. The van der Waals surface area contributed by atoms with Crippen LogP contribution in [0.4, 0.5) is 0 Å². The number of allylic oxidation sites excluding steroid dienone is 2. The summed E-state index contributed by atoms with van der Waals surface area (Å²) in [7, 11) is 0. The Morgan fingerprint density at radius 3 is 2.53 bits per heavy atom. The molecule has 0 spiro atoms. The maximum atomic E-state index is 12.2. The first-order valence-corrected chi connectivity index (χ1v) is 14.4. The molecule has 2 bridgehead atoms. The van der Waals surface area contributed by atoms with Crippen molar-refractivity contribution in [2.75, 3.05) is 0 Å². The number of aliphatic hydroxyl groups is 1. The molecule has 2 saturated heterocycles. The van der Waals surface area contributed by atoms with Crippen molar-refractivity contribution >= 4 is 11.9 Å². The van der Waals surface area contributed by atoms with Crippen molar-refractivity contribution in [1.29, 1.82) is 0 Å². The molecule has 3 fully saturated rings. The summed E-state index contributed by atoms with van der Waals surface area (Å²) in [5.74, 6) is -1.68. The van der Waals surface area contributed by atoms with Gasteiger partial charge in [-0.25, -0.2) is 4.79 Å². The van der Waals surface area contributed by atoms with Gasteiger partial charge in [0.15, 0.2) is 5.79 Å². The molecule has 38 heavy (non-hydrogen) atoms. The first-order chi connectivity index (χ1) is 17.5. The van der Waals surface area contributed by atoms with Gasteiger partial charge in [0, 0.05) is 24.3 Å². The number of carboxylic acids is 1. The summed E-state index contributed by atoms with van der Waals surface area (Å²) in [5, 5.41) is 21.3. The zero-order valence-electron chi connectivity index (χ0n) is 24.4. The lowest BCUT2D eigenvalue weighted by Gasteiger charge is -2.63. The van der Waals surface area contributed by atoms with Gasteiger partial charge in [-0.05, 0) is 99.0 Å². The molecule has 0 aromatic carbocycles. The molecule has 8 atom stereocenters. The molecule has 0 unspecified atom stereocenters. The maximum absolute atomic E-state index is 12.2. The molecule has 212 valence electrons. The highest BCUT2D eigenvalue weighted by atomic mass is 16.6. The van der Waals surface area contributed by atoms with Gasteiger partial charge in [0.25, 0.3) is 0 Å². The zero-order chi connectivity index (χ0) is 28.3. The van der Waals surface area contributed by atoms with E-state index in [1.165, 1.54) is 12.5 Å². The molecule has 4 rings (SSSR count). The molecular formula is C32H48O6. The minimum Gasteiger partial charge on any atom is -0.478 e. The first kappa shape index (κ1) is 29.1. The summed E-state index contributed by atoms with van der Waals surface area (Å²) < 4.78 is 12.4. The third kappa shape index (κ3) is 4.81. The van der Waals surface area contributed by atoms with E-state index in [4.69, 9.17) is 9.47 Å². The van der Waals surface area contributed by atoms with E-state index in [0.717, 1.165) is 44.1 Å². The Hall–Kier alpha value is -1.92. The van der Waals surface area contributed by atoms with Crippen LogP contribution in [-0.4, -0.2) is 39.6 Å². The molecule has 2 N–H and O–H groups in total. The van der Waals surface area contributed by atoms with Gasteiger partial charge in [-0.2, -0.15) is 0 Å². The molecule has 2 aliphatic carbocycles. The highest BCUT2D eigenvalue weighted by molar-refractivity contribution is 5.85. The van der Waals surface area contributed by atoms with E-state index in [0.29, 0.717) is 24.3 Å². The van der Waals surface area contributed by atoms with Gasteiger partial charge in [0.1, 0.15) is 6.10 Å². The van der Waals surface area contributed by atoms with E-state index in [1.54, 1.807) is 13.0 Å². The summed E-state index contributed by atoms with van der Waals surface area (Å²) in [5.41, 5.74) is 1.68. The Kier molecular flexibility index (Phi) is 7.59. The minimum absolute atomic E-state index is 0.0475.